The van der Waals surface area contributed by atoms with Crippen LogP contribution in [0.25, 0.3) is 0 Å². The van der Waals surface area contributed by atoms with Crippen LogP contribution in [0.1, 0.15) is 36.2 Å². The predicted molar refractivity (Wildman–Crippen MR) is 118 cm³/mol. The van der Waals surface area contributed by atoms with Gasteiger partial charge in [0.15, 0.2) is 0 Å². The van der Waals surface area contributed by atoms with Gasteiger partial charge in [0, 0.05) is 25.1 Å². The fourth-order valence-corrected chi connectivity index (χ4v) is 4.68. The van der Waals surface area contributed by atoms with Crippen LogP contribution in [-0.4, -0.2) is 44.7 Å². The second kappa shape index (κ2) is 11.1. The summed E-state index contributed by atoms with van der Waals surface area (Å²) < 4.78 is 31.6. The van der Waals surface area contributed by atoms with Crippen molar-refractivity contribution in [1.82, 2.24) is 15.2 Å². The molecule has 0 aliphatic heterocycles. The van der Waals surface area contributed by atoms with Crippen LogP contribution < -0.4 is 15.6 Å². The summed E-state index contributed by atoms with van der Waals surface area (Å²) in [5, 5.41) is 0.452. The van der Waals surface area contributed by atoms with E-state index in [1.54, 1.807) is 32.0 Å². The smallest absolute Gasteiger partial charge is 0.269 e. The van der Waals surface area contributed by atoms with Crippen molar-refractivity contribution in [2.75, 3.05) is 20.2 Å². The molecule has 0 aliphatic carbocycles. The van der Waals surface area contributed by atoms with Crippen molar-refractivity contribution in [3.8, 4) is 5.75 Å². The number of carbonyl (C=O) groups is 2. The standard InChI is InChI=1S/C21H26ClN3O5S/c1-4-25(5-2)31(28,29)17-8-6-7-16(14-17)21(27)24-23-20(26)12-10-15-9-11-19(30-3)18(22)13-15/h6-9,11,13-14H,4-5,10,12H2,1-3H3,(H,23,26)(H,24,27). The molecular formula is C21H26ClN3O5S. The zero-order valence-electron chi connectivity index (χ0n) is 17.6. The predicted octanol–water partition coefficient (Wildman–Crippen LogP) is 2.77. The van der Waals surface area contributed by atoms with Crippen molar-refractivity contribution in [1.29, 1.82) is 0 Å². The normalized spacial score (nSPS) is 11.3. The van der Waals surface area contributed by atoms with Gasteiger partial charge in [-0.2, -0.15) is 4.31 Å². The molecule has 0 bridgehead atoms. The van der Waals surface area contributed by atoms with Crippen LogP contribution in [0, 0.1) is 0 Å². The van der Waals surface area contributed by atoms with Crippen molar-refractivity contribution >= 4 is 33.4 Å². The van der Waals surface area contributed by atoms with Gasteiger partial charge in [0.1, 0.15) is 5.75 Å². The van der Waals surface area contributed by atoms with Crippen molar-refractivity contribution < 1.29 is 22.7 Å². The summed E-state index contributed by atoms with van der Waals surface area (Å²) in [6, 6.07) is 10.9. The van der Waals surface area contributed by atoms with Crippen molar-refractivity contribution in [3.05, 3.63) is 58.6 Å². The van der Waals surface area contributed by atoms with E-state index < -0.39 is 21.8 Å². The zero-order valence-corrected chi connectivity index (χ0v) is 19.2. The third-order valence-corrected chi connectivity index (χ3v) is 6.95. The van der Waals surface area contributed by atoms with Gasteiger partial charge in [-0.25, -0.2) is 8.42 Å². The number of ether oxygens (including phenoxy) is 1. The van der Waals surface area contributed by atoms with Crippen LogP contribution in [0.2, 0.25) is 5.02 Å². The van der Waals surface area contributed by atoms with Gasteiger partial charge >= 0.3 is 0 Å². The lowest BCUT2D eigenvalue weighted by atomic mass is 10.1. The van der Waals surface area contributed by atoms with E-state index in [0.717, 1.165) is 5.56 Å². The van der Waals surface area contributed by atoms with E-state index in [0.29, 0.717) is 30.3 Å². The second-order valence-electron chi connectivity index (χ2n) is 6.59. The van der Waals surface area contributed by atoms with Gasteiger partial charge < -0.3 is 4.74 Å². The summed E-state index contributed by atoms with van der Waals surface area (Å²) in [6.07, 6.45) is 0.544. The highest BCUT2D eigenvalue weighted by Gasteiger charge is 2.22. The number of hydrogen-bond acceptors (Lipinski definition) is 5. The first kappa shape index (κ1) is 24.6. The molecule has 0 unspecified atom stereocenters. The summed E-state index contributed by atoms with van der Waals surface area (Å²) in [6.45, 7) is 4.13. The van der Waals surface area contributed by atoms with E-state index >= 15 is 0 Å². The number of hydrogen-bond donors (Lipinski definition) is 2. The highest BCUT2D eigenvalue weighted by atomic mass is 35.5. The molecule has 0 spiro atoms. The third-order valence-electron chi connectivity index (χ3n) is 4.61. The number of sulfonamides is 1. The Morgan fingerprint density at radius 2 is 1.77 bits per heavy atom. The SMILES string of the molecule is CCN(CC)S(=O)(=O)c1cccc(C(=O)NNC(=O)CCc2ccc(OC)c(Cl)c2)c1. The molecule has 2 N–H and O–H groups in total. The molecule has 0 radical (unpaired) electrons. The molecule has 0 aromatic heterocycles. The highest BCUT2D eigenvalue weighted by Crippen LogP contribution is 2.25. The molecule has 8 nitrogen and oxygen atoms in total. The fraction of sp³-hybridized carbons (Fsp3) is 0.333. The minimum atomic E-state index is -3.69. The summed E-state index contributed by atoms with van der Waals surface area (Å²) in [5.41, 5.74) is 5.61. The average molecular weight is 468 g/mol. The van der Waals surface area contributed by atoms with E-state index in [4.69, 9.17) is 16.3 Å². The molecule has 10 heteroatoms. The molecule has 2 amide bonds. The Hall–Kier alpha value is -2.62. The van der Waals surface area contributed by atoms with Gasteiger partial charge in [0.2, 0.25) is 15.9 Å². The molecule has 0 heterocycles. The zero-order chi connectivity index (χ0) is 23.0. The Labute approximate surface area is 187 Å². The number of rotatable bonds is 9. The Morgan fingerprint density at radius 3 is 2.39 bits per heavy atom. The molecule has 31 heavy (non-hydrogen) atoms. The topological polar surface area (TPSA) is 105 Å². The summed E-state index contributed by atoms with van der Waals surface area (Å²) in [7, 11) is -2.17. The second-order valence-corrected chi connectivity index (χ2v) is 8.93. The lowest BCUT2D eigenvalue weighted by Gasteiger charge is -2.18. The van der Waals surface area contributed by atoms with E-state index in [9.17, 15) is 18.0 Å². The van der Waals surface area contributed by atoms with Crippen LogP contribution in [0.4, 0.5) is 0 Å². The molecule has 0 saturated carbocycles. The molecule has 0 atom stereocenters. The Balaban J connectivity index is 1.95. The number of hydrazine groups is 1. The van der Waals surface area contributed by atoms with Crippen LogP contribution in [-0.2, 0) is 21.2 Å². The number of halogens is 1. The molecule has 0 fully saturated rings. The van der Waals surface area contributed by atoms with Crippen molar-refractivity contribution in [3.63, 3.8) is 0 Å². The Bertz CT molecular complexity index is 1040. The minimum absolute atomic E-state index is 0.0200. The molecule has 0 aliphatic rings. The quantitative estimate of drug-likeness (QED) is 0.552. The molecule has 2 rings (SSSR count). The number of methoxy groups -OCH3 is 1. The highest BCUT2D eigenvalue weighted by molar-refractivity contribution is 7.89. The van der Waals surface area contributed by atoms with Gasteiger partial charge in [-0.15, -0.1) is 0 Å². The lowest BCUT2D eigenvalue weighted by Crippen LogP contribution is -2.41. The van der Waals surface area contributed by atoms with E-state index in [1.165, 1.54) is 35.7 Å². The summed E-state index contributed by atoms with van der Waals surface area (Å²) in [4.78, 5) is 24.4. The van der Waals surface area contributed by atoms with E-state index in [1.807, 2.05) is 0 Å². The molecule has 2 aromatic rings. The van der Waals surface area contributed by atoms with Crippen LogP contribution in [0.15, 0.2) is 47.4 Å². The number of nitrogens with one attached hydrogen (secondary N) is 2. The average Bonchev–Trinajstić information content (AvgIpc) is 2.76. The van der Waals surface area contributed by atoms with Crippen molar-refractivity contribution in [2.24, 2.45) is 0 Å². The van der Waals surface area contributed by atoms with Crippen LogP contribution in [0.3, 0.4) is 0 Å². The molecule has 0 saturated heterocycles. The van der Waals surface area contributed by atoms with Crippen molar-refractivity contribution in [2.45, 2.75) is 31.6 Å². The Morgan fingerprint density at radius 1 is 1.06 bits per heavy atom. The number of benzene rings is 2. The summed E-state index contributed by atoms with van der Waals surface area (Å²) >= 11 is 6.07. The largest absolute Gasteiger partial charge is 0.495 e. The number of carbonyl (C=O) groups excluding carboxylic acids is 2. The minimum Gasteiger partial charge on any atom is -0.495 e. The Kier molecular flexibility index (Phi) is 8.85. The first-order valence-electron chi connectivity index (χ1n) is 9.74. The molecule has 2 aromatic carbocycles. The number of aryl methyl sites for hydroxylation is 1. The van der Waals surface area contributed by atoms with Crippen LogP contribution >= 0.6 is 11.6 Å². The van der Waals surface area contributed by atoms with Crippen LogP contribution in [0.5, 0.6) is 5.75 Å². The van der Waals surface area contributed by atoms with E-state index in [-0.39, 0.29) is 16.9 Å². The fourth-order valence-electron chi connectivity index (χ4n) is 2.89. The van der Waals surface area contributed by atoms with Gasteiger partial charge in [0.25, 0.3) is 5.91 Å². The van der Waals surface area contributed by atoms with Gasteiger partial charge in [-0.05, 0) is 42.3 Å². The number of amides is 2. The lowest BCUT2D eigenvalue weighted by molar-refractivity contribution is -0.121. The van der Waals surface area contributed by atoms with Gasteiger partial charge in [0.05, 0.1) is 17.0 Å². The maximum atomic E-state index is 12.6. The molecular weight excluding hydrogens is 442 g/mol. The number of nitrogens with zero attached hydrogens (tertiary/aromatic N) is 1. The van der Waals surface area contributed by atoms with Gasteiger partial charge in [-0.3, -0.25) is 20.4 Å². The van der Waals surface area contributed by atoms with E-state index in [2.05, 4.69) is 10.9 Å². The maximum Gasteiger partial charge on any atom is 0.269 e. The third kappa shape index (κ3) is 6.43. The first-order valence-corrected chi connectivity index (χ1v) is 11.6. The summed E-state index contributed by atoms with van der Waals surface area (Å²) in [5.74, 6) is -0.461. The molecule has 168 valence electrons. The van der Waals surface area contributed by atoms with Gasteiger partial charge in [-0.1, -0.05) is 37.6 Å². The maximum absolute atomic E-state index is 12.6. The first-order chi connectivity index (χ1) is 14.7. The monoisotopic (exact) mass is 467 g/mol.